The summed E-state index contributed by atoms with van der Waals surface area (Å²) in [4.78, 5) is 48.7. The van der Waals surface area contributed by atoms with E-state index in [1.165, 1.54) is 33.3 Å². The normalized spacial score (nSPS) is 21.1. The summed E-state index contributed by atoms with van der Waals surface area (Å²) in [5, 5.41) is 9.66. The van der Waals surface area contributed by atoms with Gasteiger partial charge in [0.2, 0.25) is 0 Å². The van der Waals surface area contributed by atoms with E-state index in [0.29, 0.717) is 29.0 Å². The van der Waals surface area contributed by atoms with Crippen molar-refractivity contribution in [3.63, 3.8) is 0 Å². The molecule has 3 rings (SSSR count). The zero-order valence-electron chi connectivity index (χ0n) is 26.2. The number of benzene rings is 2. The van der Waals surface area contributed by atoms with Crippen molar-refractivity contribution in [2.45, 2.75) is 84.4 Å². The van der Waals surface area contributed by atoms with Crippen LogP contribution in [-0.2, 0) is 66.9 Å². The predicted octanol–water partition coefficient (Wildman–Crippen LogP) is 3.84. The summed E-state index contributed by atoms with van der Waals surface area (Å²) >= 11 is 6.81. The van der Waals surface area contributed by atoms with Gasteiger partial charge in [0, 0.05) is 32.7 Å². The van der Waals surface area contributed by atoms with Gasteiger partial charge in [0.25, 0.3) is 0 Å². The van der Waals surface area contributed by atoms with Gasteiger partial charge in [0.05, 0.1) is 19.8 Å². The summed E-state index contributed by atoms with van der Waals surface area (Å²) in [7, 11) is 0. The molecule has 1 saturated heterocycles. The second-order valence-electron chi connectivity index (χ2n) is 10.7. The molecule has 12 heteroatoms. The van der Waals surface area contributed by atoms with Gasteiger partial charge in [0.15, 0.2) is 18.3 Å². The van der Waals surface area contributed by atoms with Gasteiger partial charge in [-0.1, -0.05) is 48.9 Å². The highest BCUT2D eigenvalue weighted by Crippen LogP contribution is 2.40. The fraction of sp³-hybridized carbons (Fsp3) is 0.515. The van der Waals surface area contributed by atoms with Gasteiger partial charge < -0.3 is 33.5 Å². The monoisotopic (exact) mass is 648 g/mol. The Bertz CT molecular complexity index is 1330. The van der Waals surface area contributed by atoms with Crippen molar-refractivity contribution >= 4 is 35.5 Å². The van der Waals surface area contributed by atoms with E-state index in [1.54, 1.807) is 6.07 Å². The zero-order valence-corrected chi connectivity index (χ0v) is 27.0. The number of carbonyl (C=O) groups excluding carboxylic acids is 4. The Labute approximate surface area is 268 Å². The molecule has 1 aliphatic rings. The minimum Gasteiger partial charge on any atom is -0.463 e. The van der Waals surface area contributed by atoms with Crippen LogP contribution in [0.2, 0.25) is 5.02 Å². The lowest BCUT2D eigenvalue weighted by Crippen LogP contribution is -2.59. The van der Waals surface area contributed by atoms with Gasteiger partial charge in [-0.25, -0.2) is 0 Å². The molecule has 5 atom stereocenters. The van der Waals surface area contributed by atoms with Crippen molar-refractivity contribution in [2.24, 2.45) is 0 Å². The number of halogens is 1. The Balaban J connectivity index is 2.18. The van der Waals surface area contributed by atoms with Crippen LogP contribution in [0.25, 0.3) is 0 Å². The van der Waals surface area contributed by atoms with Crippen LogP contribution < -0.4 is 0 Å². The molecular formula is C33H41ClO11. The predicted molar refractivity (Wildman–Crippen MR) is 163 cm³/mol. The molecule has 11 nitrogen and oxygen atoms in total. The summed E-state index contributed by atoms with van der Waals surface area (Å²) in [5.74, 6) is -2.72. The first-order chi connectivity index (χ1) is 21.4. The molecule has 45 heavy (non-hydrogen) atoms. The van der Waals surface area contributed by atoms with E-state index < -0.39 is 54.4 Å². The first-order valence-corrected chi connectivity index (χ1v) is 15.2. The molecule has 0 spiro atoms. The minimum absolute atomic E-state index is 0.133. The molecule has 1 heterocycles. The smallest absolute Gasteiger partial charge is 0.303 e. The summed E-state index contributed by atoms with van der Waals surface area (Å²) in [6, 6.07) is 11.8. The fourth-order valence-corrected chi connectivity index (χ4v) is 5.49. The number of carbonyl (C=O) groups is 4. The van der Waals surface area contributed by atoms with E-state index in [9.17, 15) is 24.3 Å². The summed E-state index contributed by atoms with van der Waals surface area (Å²) < 4.78 is 34.1. The number of esters is 4. The number of rotatable bonds is 14. The summed E-state index contributed by atoms with van der Waals surface area (Å²) in [6.45, 7) is 6.71. The maximum Gasteiger partial charge on any atom is 0.303 e. The van der Waals surface area contributed by atoms with Crippen molar-refractivity contribution in [1.82, 2.24) is 0 Å². The Morgan fingerprint density at radius 1 is 0.800 bits per heavy atom. The van der Waals surface area contributed by atoms with E-state index in [0.717, 1.165) is 17.5 Å². The van der Waals surface area contributed by atoms with Gasteiger partial charge >= 0.3 is 23.9 Å². The lowest BCUT2D eigenvalue weighted by atomic mass is 9.86. The highest BCUT2D eigenvalue weighted by atomic mass is 35.5. The standard InChI is InChI=1S/C33H41ClO11/c1-6-23-7-9-24(10-8-23)15-26-16-27(25(17-28(26)34)11-13-40-14-12-35)30-32(43-21(4)38)33(44-22(5)39)31(42-20(3)37)29(45-30)18-41-19(2)36/h7-10,16-17,29-33,35H,6,11-15,18H2,1-5H3/t29-,30+,31-,32+,33+/m1/s1. The van der Waals surface area contributed by atoms with Crippen LogP contribution in [0.3, 0.4) is 0 Å². The molecule has 1 aliphatic heterocycles. The second kappa shape index (κ2) is 17.3. The number of ether oxygens (including phenoxy) is 6. The fourth-order valence-electron chi connectivity index (χ4n) is 5.24. The molecule has 1 fully saturated rings. The molecule has 246 valence electrons. The van der Waals surface area contributed by atoms with Crippen molar-refractivity contribution in [1.29, 1.82) is 0 Å². The van der Waals surface area contributed by atoms with Gasteiger partial charge in [-0.05, 0) is 53.1 Å². The molecule has 0 radical (unpaired) electrons. The summed E-state index contributed by atoms with van der Waals surface area (Å²) in [5.41, 5.74) is 4.21. The Morgan fingerprint density at radius 3 is 1.98 bits per heavy atom. The second-order valence-corrected chi connectivity index (χ2v) is 11.1. The van der Waals surface area contributed by atoms with Crippen molar-refractivity contribution in [3.05, 3.63) is 69.2 Å². The van der Waals surface area contributed by atoms with Crippen LogP contribution in [0.15, 0.2) is 36.4 Å². The molecule has 0 unspecified atom stereocenters. The maximum absolute atomic E-state index is 12.4. The average Bonchev–Trinajstić information content (AvgIpc) is 2.97. The lowest BCUT2D eigenvalue weighted by Gasteiger charge is -2.45. The third kappa shape index (κ3) is 10.5. The van der Waals surface area contributed by atoms with Crippen molar-refractivity contribution in [2.75, 3.05) is 26.4 Å². The highest BCUT2D eigenvalue weighted by Gasteiger charge is 2.53. The molecule has 0 aliphatic carbocycles. The molecule has 2 aromatic carbocycles. The molecule has 0 saturated carbocycles. The minimum atomic E-state index is -1.31. The third-order valence-corrected chi connectivity index (χ3v) is 7.53. The van der Waals surface area contributed by atoms with E-state index in [1.807, 2.05) is 18.2 Å². The molecule has 0 aromatic heterocycles. The van der Waals surface area contributed by atoms with Crippen LogP contribution in [0.1, 0.15) is 68.5 Å². The third-order valence-electron chi connectivity index (χ3n) is 7.18. The maximum atomic E-state index is 12.4. The van der Waals surface area contributed by atoms with Crippen molar-refractivity contribution < 1.29 is 52.7 Å². The van der Waals surface area contributed by atoms with Gasteiger partial charge in [-0.3, -0.25) is 19.2 Å². The van der Waals surface area contributed by atoms with Crippen molar-refractivity contribution in [3.8, 4) is 0 Å². The Morgan fingerprint density at radius 2 is 1.40 bits per heavy atom. The SMILES string of the molecule is CCc1ccc(Cc2cc([C@@H]3O[C@H](COC(C)=O)[C@@H](OC(C)=O)[C@H](OC(C)=O)[C@H]3OC(C)=O)c(CCOCCO)cc2Cl)cc1. The topological polar surface area (TPSA) is 144 Å². The van der Waals surface area contributed by atoms with E-state index in [2.05, 4.69) is 19.1 Å². The molecule has 0 bridgehead atoms. The van der Waals surface area contributed by atoms with Crippen LogP contribution in [0.4, 0.5) is 0 Å². The number of hydrogen-bond acceptors (Lipinski definition) is 11. The van der Waals surface area contributed by atoms with Gasteiger partial charge in [-0.15, -0.1) is 0 Å². The molecule has 0 amide bonds. The molecule has 2 aromatic rings. The molecule has 1 N–H and O–H groups in total. The van der Waals surface area contributed by atoms with E-state index in [4.69, 9.17) is 40.0 Å². The number of aliphatic hydroxyl groups is 1. The van der Waals surface area contributed by atoms with Gasteiger partial charge in [-0.2, -0.15) is 0 Å². The first-order valence-electron chi connectivity index (χ1n) is 14.8. The average molecular weight is 649 g/mol. The molecular weight excluding hydrogens is 608 g/mol. The highest BCUT2D eigenvalue weighted by molar-refractivity contribution is 6.31. The van der Waals surface area contributed by atoms with Crippen LogP contribution >= 0.6 is 11.6 Å². The van der Waals surface area contributed by atoms with Crippen LogP contribution in [0.5, 0.6) is 0 Å². The quantitative estimate of drug-likeness (QED) is 0.181. The van der Waals surface area contributed by atoms with Crippen LogP contribution in [-0.4, -0.2) is 79.8 Å². The first kappa shape index (κ1) is 36.0. The van der Waals surface area contributed by atoms with Crippen LogP contribution in [0, 0.1) is 0 Å². The van der Waals surface area contributed by atoms with E-state index in [-0.39, 0.29) is 26.4 Å². The Kier molecular flexibility index (Phi) is 13.8. The number of aliphatic hydroxyl groups excluding tert-OH is 1. The van der Waals surface area contributed by atoms with E-state index >= 15 is 0 Å². The Hall–Kier alpha value is -3.51. The number of hydrogen-bond donors (Lipinski definition) is 1. The largest absolute Gasteiger partial charge is 0.463 e. The number of aryl methyl sites for hydroxylation is 1. The lowest BCUT2D eigenvalue weighted by molar-refractivity contribution is -0.254. The zero-order chi connectivity index (χ0) is 33.1. The van der Waals surface area contributed by atoms with Gasteiger partial charge in [0.1, 0.15) is 18.8 Å². The summed E-state index contributed by atoms with van der Waals surface area (Å²) in [6.07, 6.45) is -4.30.